The van der Waals surface area contributed by atoms with Gasteiger partial charge >= 0.3 is 0 Å². The van der Waals surface area contributed by atoms with E-state index in [0.29, 0.717) is 6.42 Å². The molecule has 4 heteroatoms. The van der Waals surface area contributed by atoms with Crippen LogP contribution in [-0.2, 0) is 17.6 Å². The van der Waals surface area contributed by atoms with E-state index in [1.165, 1.54) is 54.7 Å². The Labute approximate surface area is 185 Å². The van der Waals surface area contributed by atoms with Gasteiger partial charge in [0.2, 0.25) is 0 Å². The molecular formula is C27H29N3O. The van der Waals surface area contributed by atoms with Crippen LogP contribution >= 0.6 is 0 Å². The summed E-state index contributed by atoms with van der Waals surface area (Å²) in [7, 11) is 0. The van der Waals surface area contributed by atoms with Gasteiger partial charge in [0.25, 0.3) is 5.70 Å². The Balaban J connectivity index is 1.48. The Morgan fingerprint density at radius 2 is 1.77 bits per heavy atom. The van der Waals surface area contributed by atoms with E-state index in [1.807, 2.05) is 12.2 Å². The molecule has 1 spiro atoms. The fraction of sp³-hybridized carbons (Fsp3) is 0.481. The van der Waals surface area contributed by atoms with Crippen LogP contribution in [0.2, 0.25) is 0 Å². The molecule has 0 atom stereocenters. The van der Waals surface area contributed by atoms with Crippen LogP contribution in [0.5, 0.6) is 0 Å². The van der Waals surface area contributed by atoms with Crippen molar-refractivity contribution in [3.63, 3.8) is 0 Å². The zero-order valence-corrected chi connectivity index (χ0v) is 18.1. The third kappa shape index (κ3) is 3.88. The van der Waals surface area contributed by atoms with Gasteiger partial charge in [0.1, 0.15) is 11.4 Å². The molecule has 0 N–H and O–H groups in total. The van der Waals surface area contributed by atoms with Crippen molar-refractivity contribution in [3.8, 4) is 6.07 Å². The molecule has 4 nitrogen and oxygen atoms in total. The molecule has 158 valence electrons. The molecule has 0 unspecified atom stereocenters. The van der Waals surface area contributed by atoms with Gasteiger partial charge in [0, 0.05) is 25.2 Å². The van der Waals surface area contributed by atoms with Crippen LogP contribution in [0.1, 0.15) is 68.1 Å². The fourth-order valence-electron chi connectivity index (χ4n) is 5.87. The number of ether oxygens (including phenoxy) is 1. The van der Waals surface area contributed by atoms with Gasteiger partial charge in [0.15, 0.2) is 0 Å². The largest absolute Gasteiger partial charge is 0.487 e. The SMILES string of the molecule is [C-]#[N+]/C(C#N)=C1C=C(/C=C/c2cc3c4c(c2)CCCN4CCC3)OC2(CCCCC2)C\1. The van der Waals surface area contributed by atoms with E-state index >= 15 is 0 Å². The first-order valence-corrected chi connectivity index (χ1v) is 11.7. The third-order valence-electron chi connectivity index (χ3n) is 7.24. The Hall–Kier alpha value is -2.98. The molecule has 0 radical (unpaired) electrons. The first-order chi connectivity index (χ1) is 15.2. The lowest BCUT2D eigenvalue weighted by Crippen LogP contribution is -2.37. The highest BCUT2D eigenvalue weighted by atomic mass is 16.5. The van der Waals surface area contributed by atoms with Gasteiger partial charge in [0.05, 0.1) is 12.6 Å². The number of anilines is 1. The van der Waals surface area contributed by atoms with Crippen molar-refractivity contribution in [2.45, 2.75) is 69.8 Å². The Bertz CT molecular complexity index is 1010. The predicted octanol–water partition coefficient (Wildman–Crippen LogP) is 6.10. The van der Waals surface area contributed by atoms with Crippen LogP contribution in [-0.4, -0.2) is 18.7 Å². The van der Waals surface area contributed by atoms with Crippen LogP contribution in [0, 0.1) is 17.9 Å². The van der Waals surface area contributed by atoms with Crippen LogP contribution in [0.3, 0.4) is 0 Å². The average Bonchev–Trinajstić information content (AvgIpc) is 2.79. The maximum absolute atomic E-state index is 9.44. The number of rotatable bonds is 2. The molecule has 1 fully saturated rings. The van der Waals surface area contributed by atoms with Gasteiger partial charge in [-0.05, 0) is 97.9 Å². The summed E-state index contributed by atoms with van der Waals surface area (Å²) in [6, 6.07) is 6.77. The van der Waals surface area contributed by atoms with E-state index in [2.05, 4.69) is 34.0 Å². The number of allylic oxidation sites excluding steroid dienone is 3. The van der Waals surface area contributed by atoms with Crippen molar-refractivity contribution in [3.05, 3.63) is 69.4 Å². The lowest BCUT2D eigenvalue weighted by atomic mass is 9.78. The first-order valence-electron chi connectivity index (χ1n) is 11.7. The molecule has 1 aliphatic carbocycles. The molecule has 0 amide bonds. The van der Waals surface area contributed by atoms with Gasteiger partial charge in [-0.15, -0.1) is 0 Å². The smallest absolute Gasteiger partial charge is 0.265 e. The minimum atomic E-state index is -0.253. The van der Waals surface area contributed by atoms with Gasteiger partial charge < -0.3 is 9.64 Å². The van der Waals surface area contributed by atoms with Crippen LogP contribution in [0.25, 0.3) is 10.9 Å². The molecule has 0 aromatic heterocycles. The molecular weight excluding hydrogens is 382 g/mol. The molecule has 31 heavy (non-hydrogen) atoms. The highest BCUT2D eigenvalue weighted by Gasteiger charge is 2.38. The Morgan fingerprint density at radius 1 is 1.06 bits per heavy atom. The van der Waals surface area contributed by atoms with Crippen LogP contribution < -0.4 is 4.90 Å². The average molecular weight is 412 g/mol. The van der Waals surface area contributed by atoms with Crippen molar-refractivity contribution >= 4 is 11.8 Å². The standard InChI is InChI=1S/C27H29N3O/c1-29-25(19-28)23-17-24(31-27(18-23)11-3-2-4-12-27)10-9-20-15-21-7-5-13-30-14-6-8-22(16-20)26(21)30/h9-10,15-17H,2-8,11-14,18H2/b10-9+,25-23+. The van der Waals surface area contributed by atoms with Crippen molar-refractivity contribution in [2.24, 2.45) is 0 Å². The van der Waals surface area contributed by atoms with E-state index in [9.17, 15) is 5.26 Å². The maximum Gasteiger partial charge on any atom is 0.265 e. The van der Waals surface area contributed by atoms with Crippen molar-refractivity contribution in [2.75, 3.05) is 18.0 Å². The highest BCUT2D eigenvalue weighted by molar-refractivity contribution is 5.68. The van der Waals surface area contributed by atoms with Crippen molar-refractivity contribution < 1.29 is 4.74 Å². The molecule has 3 heterocycles. The van der Waals surface area contributed by atoms with Gasteiger partial charge in [-0.2, -0.15) is 0 Å². The number of nitrogens with zero attached hydrogens (tertiary/aromatic N) is 3. The van der Waals surface area contributed by atoms with Crippen molar-refractivity contribution in [1.29, 1.82) is 5.26 Å². The lowest BCUT2D eigenvalue weighted by Gasteiger charge is -2.41. The van der Waals surface area contributed by atoms with Gasteiger partial charge in [-0.25, -0.2) is 10.1 Å². The van der Waals surface area contributed by atoms with E-state index in [4.69, 9.17) is 11.3 Å². The quantitative estimate of drug-likeness (QED) is 0.436. The zero-order chi connectivity index (χ0) is 21.3. The molecule has 1 aromatic rings. The summed E-state index contributed by atoms with van der Waals surface area (Å²) in [4.78, 5) is 6.05. The summed E-state index contributed by atoms with van der Waals surface area (Å²) in [5, 5.41) is 9.44. The van der Waals surface area contributed by atoms with Crippen LogP contribution in [0.15, 0.2) is 41.3 Å². The third-order valence-corrected chi connectivity index (χ3v) is 7.24. The maximum atomic E-state index is 9.44. The van der Waals surface area contributed by atoms with E-state index in [1.54, 1.807) is 0 Å². The minimum absolute atomic E-state index is 0.206. The number of nitriles is 1. The van der Waals surface area contributed by atoms with Crippen LogP contribution in [0.4, 0.5) is 5.69 Å². The molecule has 4 aliphatic rings. The predicted molar refractivity (Wildman–Crippen MR) is 123 cm³/mol. The number of benzene rings is 1. The minimum Gasteiger partial charge on any atom is -0.487 e. The highest BCUT2D eigenvalue weighted by Crippen LogP contribution is 2.43. The summed E-state index contributed by atoms with van der Waals surface area (Å²) in [6.07, 6.45) is 17.1. The fourth-order valence-corrected chi connectivity index (χ4v) is 5.87. The summed E-state index contributed by atoms with van der Waals surface area (Å²) in [5.41, 5.74) is 6.46. The second kappa shape index (κ2) is 8.27. The molecule has 0 saturated heterocycles. The molecule has 1 aromatic carbocycles. The second-order valence-corrected chi connectivity index (χ2v) is 9.38. The summed E-state index contributed by atoms with van der Waals surface area (Å²) < 4.78 is 6.52. The Kier molecular flexibility index (Phi) is 5.33. The zero-order valence-electron chi connectivity index (χ0n) is 18.1. The van der Waals surface area contributed by atoms with Gasteiger partial charge in [-0.1, -0.05) is 12.5 Å². The molecule has 5 rings (SSSR count). The number of hydrogen-bond acceptors (Lipinski definition) is 3. The molecule has 0 bridgehead atoms. The Morgan fingerprint density at radius 3 is 2.42 bits per heavy atom. The van der Waals surface area contributed by atoms with E-state index in [0.717, 1.165) is 49.9 Å². The van der Waals surface area contributed by atoms with Crippen molar-refractivity contribution in [1.82, 2.24) is 0 Å². The summed E-state index contributed by atoms with van der Waals surface area (Å²) in [6.45, 7) is 9.79. The molecule has 3 aliphatic heterocycles. The first kappa shape index (κ1) is 20.0. The number of hydrogen-bond donors (Lipinski definition) is 0. The second-order valence-electron chi connectivity index (χ2n) is 9.38. The van der Waals surface area contributed by atoms with E-state index in [-0.39, 0.29) is 11.3 Å². The monoisotopic (exact) mass is 411 g/mol. The lowest BCUT2D eigenvalue weighted by molar-refractivity contribution is -0.0285. The summed E-state index contributed by atoms with van der Waals surface area (Å²) in [5.74, 6) is 0.785. The molecule has 1 saturated carbocycles. The van der Waals surface area contributed by atoms with E-state index < -0.39 is 0 Å². The van der Waals surface area contributed by atoms with Gasteiger partial charge in [-0.3, -0.25) is 0 Å². The summed E-state index contributed by atoms with van der Waals surface area (Å²) >= 11 is 0. The number of aryl methyl sites for hydroxylation is 2. The normalized spacial score (nSPS) is 23.4. The topological polar surface area (TPSA) is 40.6 Å².